The molecule has 3 unspecified atom stereocenters. The Morgan fingerprint density at radius 3 is 2.57 bits per heavy atom. The maximum absolute atomic E-state index is 17.2. The normalized spacial score (nSPS) is 23.7. The molecule has 5 saturated heterocycles. The number of benzene rings is 3. The summed E-state index contributed by atoms with van der Waals surface area (Å²) in [6.07, 6.45) is 13.8. The van der Waals surface area contributed by atoms with Crippen molar-refractivity contribution >= 4 is 57.2 Å². The van der Waals surface area contributed by atoms with Crippen molar-refractivity contribution in [1.82, 2.24) is 40.7 Å². The second-order valence-corrected chi connectivity index (χ2v) is 19.9. The number of hydrogen-bond donors (Lipinski definition) is 3. The highest BCUT2D eigenvalue weighted by atomic mass is 19.1. The number of piperazine rings is 1. The second kappa shape index (κ2) is 19.0. The fraction of sp³-hybridized carbons (Fsp3) is 0.407. The highest BCUT2D eigenvalue weighted by molar-refractivity contribution is 6.24. The van der Waals surface area contributed by atoms with E-state index in [1.165, 1.54) is 6.07 Å². The number of carbonyl (C=O) groups excluding carboxylic acids is 5. The van der Waals surface area contributed by atoms with Crippen LogP contribution in [0.5, 0.6) is 6.01 Å². The van der Waals surface area contributed by atoms with Crippen molar-refractivity contribution in [3.05, 3.63) is 101 Å². The maximum atomic E-state index is 17.2. The molecular formula is C54H53F2N9O7. The summed E-state index contributed by atoms with van der Waals surface area (Å²) < 4.78 is 44.5. The number of anilines is 1. The van der Waals surface area contributed by atoms with Crippen LogP contribution < -0.4 is 25.6 Å². The van der Waals surface area contributed by atoms with Gasteiger partial charge in [-0.05, 0) is 80.9 Å². The number of amides is 5. The van der Waals surface area contributed by atoms with Gasteiger partial charge in [0.05, 0.1) is 27.6 Å². The summed E-state index contributed by atoms with van der Waals surface area (Å²) in [5.41, 5.74) is 2.20. The third-order valence-corrected chi connectivity index (χ3v) is 15.3. The molecule has 11 rings (SSSR count). The average molecular weight is 978 g/mol. The van der Waals surface area contributed by atoms with Gasteiger partial charge in [-0.1, -0.05) is 60.9 Å². The maximum Gasteiger partial charge on any atom is 0.407 e. The van der Waals surface area contributed by atoms with E-state index < -0.39 is 52.9 Å². The third-order valence-electron chi connectivity index (χ3n) is 15.3. The highest BCUT2D eigenvalue weighted by Crippen LogP contribution is 2.45. The van der Waals surface area contributed by atoms with Crippen LogP contribution in [0.3, 0.4) is 0 Å². The van der Waals surface area contributed by atoms with Crippen LogP contribution in [0.25, 0.3) is 32.9 Å². The topological polar surface area (TPSA) is 188 Å². The zero-order valence-corrected chi connectivity index (χ0v) is 39.6. The van der Waals surface area contributed by atoms with Crippen LogP contribution in [0.1, 0.15) is 96.1 Å². The number of imide groups is 2. The summed E-state index contributed by atoms with van der Waals surface area (Å²) in [7, 11) is 0. The lowest BCUT2D eigenvalue weighted by Crippen LogP contribution is -2.54. The van der Waals surface area contributed by atoms with Crippen LogP contribution in [0.2, 0.25) is 0 Å². The number of aromatic nitrogens is 3. The number of halogens is 2. The molecular weight excluding hydrogens is 925 g/mol. The summed E-state index contributed by atoms with van der Waals surface area (Å²) in [5, 5.41) is 10.2. The molecule has 18 heteroatoms. The summed E-state index contributed by atoms with van der Waals surface area (Å²) in [6.45, 7) is 6.98. The molecule has 5 atom stereocenters. The van der Waals surface area contributed by atoms with Crippen LogP contribution >= 0.6 is 0 Å². The fourth-order valence-corrected chi connectivity index (χ4v) is 12.0. The molecule has 6 aliphatic rings. The van der Waals surface area contributed by atoms with E-state index in [0.29, 0.717) is 90.5 Å². The van der Waals surface area contributed by atoms with E-state index >= 15 is 8.78 Å². The van der Waals surface area contributed by atoms with Gasteiger partial charge in [0.25, 0.3) is 11.8 Å². The number of carbonyl (C=O) groups is 5. The molecule has 2 bridgehead atoms. The molecule has 0 saturated carbocycles. The quantitative estimate of drug-likeness (QED) is 0.0500. The fourth-order valence-electron chi connectivity index (χ4n) is 12.0. The third kappa shape index (κ3) is 8.47. The SMILES string of the molecule is C#Cc1c(F)ccc2cccc(-c3ncc4c(N5CC6CCC(C5)N6)nc(OC[C@@]56CC[C@@H](COC(=O)NCCCCCc7cccc8c7C(=O)N(C7CCC(=O)NC7=O)C8=O)N5CC(=C)C6)nc4c3F)c12. The van der Waals surface area contributed by atoms with E-state index in [2.05, 4.69) is 43.2 Å². The van der Waals surface area contributed by atoms with Crippen molar-refractivity contribution < 1.29 is 42.2 Å². The van der Waals surface area contributed by atoms with Gasteiger partial charge in [-0.2, -0.15) is 9.97 Å². The largest absolute Gasteiger partial charge is 0.461 e. The van der Waals surface area contributed by atoms with Crippen LogP contribution in [-0.2, 0) is 20.7 Å². The number of hydrogen-bond acceptors (Lipinski definition) is 13. The summed E-state index contributed by atoms with van der Waals surface area (Å²) in [6, 6.07) is 12.7. The monoisotopic (exact) mass is 977 g/mol. The Morgan fingerprint density at radius 1 is 0.958 bits per heavy atom. The predicted molar refractivity (Wildman–Crippen MR) is 262 cm³/mol. The molecule has 0 radical (unpaired) electrons. The Kier molecular flexibility index (Phi) is 12.4. The second-order valence-electron chi connectivity index (χ2n) is 19.9. The van der Waals surface area contributed by atoms with Gasteiger partial charge >= 0.3 is 12.1 Å². The zero-order chi connectivity index (χ0) is 49.8. The number of unbranched alkanes of at least 4 members (excludes halogenated alkanes) is 2. The predicted octanol–water partition coefficient (Wildman–Crippen LogP) is 6.13. The van der Waals surface area contributed by atoms with Gasteiger partial charge in [-0.3, -0.25) is 39.3 Å². The number of pyridine rings is 1. The van der Waals surface area contributed by atoms with Crippen LogP contribution in [0, 0.1) is 24.0 Å². The van der Waals surface area contributed by atoms with Gasteiger partial charge in [0.2, 0.25) is 11.8 Å². The number of terminal acetylenes is 1. The molecule has 2 aromatic heterocycles. The lowest BCUT2D eigenvalue weighted by atomic mass is 9.94. The first-order valence-corrected chi connectivity index (χ1v) is 24.8. The number of fused-ring (bicyclic) bond motifs is 6. The number of nitrogens with one attached hydrogen (secondary N) is 3. The van der Waals surface area contributed by atoms with E-state index in [1.54, 1.807) is 48.7 Å². The van der Waals surface area contributed by atoms with Gasteiger partial charge in [-0.15, -0.1) is 6.42 Å². The first kappa shape index (κ1) is 47.0. The minimum atomic E-state index is -1.03. The average Bonchev–Trinajstić information content (AvgIpc) is 4.08. The van der Waals surface area contributed by atoms with E-state index in [9.17, 15) is 24.0 Å². The first-order valence-electron chi connectivity index (χ1n) is 24.8. The summed E-state index contributed by atoms with van der Waals surface area (Å²) >= 11 is 0. The number of aryl methyl sites for hydroxylation is 1. The standard InChI is InChI=1S/C54H53F2N9O7/c1-3-36-40(55)17-14-32-11-7-12-37(43(32)36)46-45(56)47-39(24-58-46)48(63-26-33-15-16-34(27-63)59-33)62-52(61-47)72-29-54-21-20-35(64(54)25-30(2)23-54)28-71-53(70)57-22-6-4-5-9-31-10-8-13-38-44(31)51(69)65(50(38)68)41-18-19-42(66)60-49(41)67/h1,7-8,10-14,17,24,33-35,41,59H,2,4-6,9,15-16,18-23,25-29H2,(H,57,70)(H,60,66,67)/t33?,34?,35-,41?,54-/m0/s1. The first-order chi connectivity index (χ1) is 34.9. The van der Waals surface area contributed by atoms with E-state index in [-0.39, 0.29) is 72.5 Å². The van der Waals surface area contributed by atoms with Crippen molar-refractivity contribution in [2.45, 2.75) is 100 Å². The molecule has 5 amide bonds. The van der Waals surface area contributed by atoms with Crippen molar-refractivity contribution in [2.75, 3.05) is 44.3 Å². The van der Waals surface area contributed by atoms with E-state index in [0.717, 1.165) is 42.6 Å². The molecule has 16 nitrogen and oxygen atoms in total. The van der Waals surface area contributed by atoms with E-state index in [1.807, 2.05) is 0 Å². The Hall–Kier alpha value is -7.36. The van der Waals surface area contributed by atoms with Crippen molar-refractivity contribution in [2.24, 2.45) is 0 Å². The van der Waals surface area contributed by atoms with E-state index in [4.69, 9.17) is 25.9 Å². The number of rotatable bonds is 14. The van der Waals surface area contributed by atoms with Crippen LogP contribution in [0.4, 0.5) is 19.4 Å². The minimum Gasteiger partial charge on any atom is -0.461 e. The molecule has 370 valence electrons. The molecule has 72 heavy (non-hydrogen) atoms. The Balaban J connectivity index is 0.726. The van der Waals surface area contributed by atoms with Crippen molar-refractivity contribution in [3.8, 4) is 29.6 Å². The van der Waals surface area contributed by atoms with Crippen molar-refractivity contribution in [3.63, 3.8) is 0 Å². The Labute approximate surface area is 413 Å². The van der Waals surface area contributed by atoms with Gasteiger partial charge < -0.3 is 25.0 Å². The molecule has 5 fully saturated rings. The van der Waals surface area contributed by atoms with Crippen LogP contribution in [-0.4, -0.2) is 124 Å². The van der Waals surface area contributed by atoms with Gasteiger partial charge in [-0.25, -0.2) is 13.6 Å². The molecule has 0 aliphatic carbocycles. The summed E-state index contributed by atoms with van der Waals surface area (Å²) in [5.74, 6) is -0.438. The Bertz CT molecular complexity index is 3150. The molecule has 3 N–H and O–H groups in total. The minimum absolute atomic E-state index is 0.0160. The lowest BCUT2D eigenvalue weighted by molar-refractivity contribution is -0.136. The lowest BCUT2D eigenvalue weighted by Gasteiger charge is -2.35. The molecule has 0 spiro atoms. The molecule has 8 heterocycles. The Morgan fingerprint density at radius 2 is 1.76 bits per heavy atom. The highest BCUT2D eigenvalue weighted by Gasteiger charge is 2.52. The molecule has 3 aromatic carbocycles. The molecule has 5 aromatic rings. The zero-order valence-electron chi connectivity index (χ0n) is 39.6. The van der Waals surface area contributed by atoms with Gasteiger partial charge in [0.1, 0.15) is 42.1 Å². The number of ether oxygens (including phenoxy) is 2. The van der Waals surface area contributed by atoms with Gasteiger partial charge in [0.15, 0.2) is 5.82 Å². The smallest absolute Gasteiger partial charge is 0.407 e. The number of nitrogens with zero attached hydrogens (tertiary/aromatic N) is 6. The molecule has 6 aliphatic heterocycles. The van der Waals surface area contributed by atoms with Gasteiger partial charge in [0, 0.05) is 67.9 Å². The van der Waals surface area contributed by atoms with Crippen molar-refractivity contribution in [1.29, 1.82) is 0 Å². The van der Waals surface area contributed by atoms with Crippen LogP contribution in [0.15, 0.2) is 66.9 Å². The number of piperidine rings is 1. The number of alkyl carbamates (subject to hydrolysis) is 1. The summed E-state index contributed by atoms with van der Waals surface area (Å²) in [4.78, 5) is 83.5.